The van der Waals surface area contributed by atoms with Crippen LogP contribution in [-0.2, 0) is 23.2 Å². The summed E-state index contributed by atoms with van der Waals surface area (Å²) in [4.78, 5) is 20.4. The normalized spacial score (nSPS) is 17.2. The lowest BCUT2D eigenvalue weighted by atomic mass is 9.98. The van der Waals surface area contributed by atoms with Gasteiger partial charge in [-0.2, -0.15) is 0 Å². The third-order valence-corrected chi connectivity index (χ3v) is 8.44. The van der Waals surface area contributed by atoms with E-state index in [-0.39, 0.29) is 17.2 Å². The molecule has 0 amide bonds. The molecule has 1 aliphatic rings. The van der Waals surface area contributed by atoms with Crippen molar-refractivity contribution in [2.24, 2.45) is 0 Å². The topological polar surface area (TPSA) is 88.9 Å². The Morgan fingerprint density at radius 1 is 1.27 bits per heavy atom. The number of thiophene rings is 1. The molecule has 1 N–H and O–H groups in total. The first-order valence-corrected chi connectivity index (χ1v) is 14.1. The van der Waals surface area contributed by atoms with Crippen molar-refractivity contribution >= 4 is 22.2 Å². The van der Waals surface area contributed by atoms with E-state index in [0.29, 0.717) is 24.5 Å². The number of nitrogens with zero attached hydrogens (tertiary/aromatic N) is 5. The molecule has 2 unspecified atom stereocenters. The Kier molecular flexibility index (Phi) is 7.55. The minimum Gasteiger partial charge on any atom is -0.377 e. The van der Waals surface area contributed by atoms with E-state index >= 15 is 0 Å². The van der Waals surface area contributed by atoms with Crippen molar-refractivity contribution in [3.8, 4) is 0 Å². The minimum absolute atomic E-state index is 0.109. The van der Waals surface area contributed by atoms with Crippen molar-refractivity contribution in [3.05, 3.63) is 74.0 Å². The van der Waals surface area contributed by atoms with Crippen molar-refractivity contribution in [2.45, 2.75) is 77.6 Å². The Morgan fingerprint density at radius 2 is 2.14 bits per heavy atom. The highest BCUT2D eigenvalue weighted by Crippen LogP contribution is 2.33. The fraction of sp³-hybridized carbons (Fsp3) is 0.500. The first kappa shape index (κ1) is 25.8. The molecular weight excluding hydrogens is 484 g/mol. The van der Waals surface area contributed by atoms with Crippen LogP contribution in [0.25, 0.3) is 10.9 Å². The molecule has 5 rings (SSSR count). The molecule has 1 saturated heterocycles. The van der Waals surface area contributed by atoms with Crippen LogP contribution < -0.4 is 5.56 Å². The minimum atomic E-state index is -0.439. The fourth-order valence-electron chi connectivity index (χ4n) is 5.05. The molecule has 0 saturated carbocycles. The Bertz CT molecular complexity index is 1390. The largest absolute Gasteiger partial charge is 0.377 e. The van der Waals surface area contributed by atoms with Gasteiger partial charge in [0.05, 0.1) is 11.6 Å². The number of hydrogen-bond acceptors (Lipinski definition) is 7. The molecule has 0 bridgehead atoms. The Hall–Kier alpha value is -2.88. The van der Waals surface area contributed by atoms with Gasteiger partial charge in [-0.15, -0.1) is 16.4 Å². The van der Waals surface area contributed by atoms with Crippen LogP contribution in [0, 0.1) is 0 Å². The summed E-state index contributed by atoms with van der Waals surface area (Å²) in [6.45, 7) is 10.7. The second kappa shape index (κ2) is 10.8. The molecule has 1 aliphatic heterocycles. The number of aromatic nitrogens is 5. The molecule has 0 aliphatic carbocycles. The second-order valence-corrected chi connectivity index (χ2v) is 11.5. The number of benzene rings is 1. The standard InChI is InChI=1S/C28H36N6O2S/c1-5-19-11-12-24-20(15-19)16-23(27(35)29-24)25(26-30-31-32-34(26)28(3,4)6-2)33(17-21-9-7-13-36-21)18-22-10-8-14-37-22/h8,10-12,14-16,21,25H,5-7,9,13,17-18H2,1-4H3,(H,29,35). The quantitative estimate of drug-likeness (QED) is 0.315. The van der Waals surface area contributed by atoms with E-state index in [2.05, 4.69) is 82.7 Å². The van der Waals surface area contributed by atoms with Crippen molar-refractivity contribution in [1.82, 2.24) is 30.1 Å². The van der Waals surface area contributed by atoms with Crippen molar-refractivity contribution in [1.29, 1.82) is 0 Å². The van der Waals surface area contributed by atoms with Gasteiger partial charge in [0.25, 0.3) is 5.56 Å². The lowest BCUT2D eigenvalue weighted by molar-refractivity contribution is 0.0566. The summed E-state index contributed by atoms with van der Waals surface area (Å²) >= 11 is 1.72. The molecule has 4 aromatic rings. The first-order valence-electron chi connectivity index (χ1n) is 13.2. The summed E-state index contributed by atoms with van der Waals surface area (Å²) in [5.41, 5.74) is 2.29. The summed E-state index contributed by atoms with van der Waals surface area (Å²) in [5.74, 6) is 0.679. The number of pyridine rings is 1. The molecule has 196 valence electrons. The molecule has 0 spiro atoms. The van der Waals surface area contributed by atoms with Gasteiger partial charge >= 0.3 is 0 Å². The van der Waals surface area contributed by atoms with Gasteiger partial charge in [0.2, 0.25) is 0 Å². The molecule has 1 aromatic carbocycles. The lowest BCUT2D eigenvalue weighted by Crippen LogP contribution is -2.41. The van der Waals surface area contributed by atoms with E-state index in [1.807, 2.05) is 16.8 Å². The molecule has 2 atom stereocenters. The highest BCUT2D eigenvalue weighted by molar-refractivity contribution is 7.09. The Labute approximate surface area is 221 Å². The molecule has 3 aromatic heterocycles. The highest BCUT2D eigenvalue weighted by Gasteiger charge is 2.36. The summed E-state index contributed by atoms with van der Waals surface area (Å²) in [6.07, 6.45) is 3.95. The molecule has 4 heterocycles. The van der Waals surface area contributed by atoms with Gasteiger partial charge in [-0.25, -0.2) is 4.68 Å². The average molecular weight is 521 g/mol. The average Bonchev–Trinajstić information content (AvgIpc) is 3.68. The highest BCUT2D eigenvalue weighted by atomic mass is 32.1. The van der Waals surface area contributed by atoms with Gasteiger partial charge < -0.3 is 9.72 Å². The van der Waals surface area contributed by atoms with Gasteiger partial charge in [-0.1, -0.05) is 26.0 Å². The number of tetrazole rings is 1. The number of nitrogens with one attached hydrogen (secondary N) is 1. The summed E-state index contributed by atoms with van der Waals surface area (Å²) in [6, 6.07) is 12.0. The zero-order valence-electron chi connectivity index (χ0n) is 22.1. The molecule has 8 nitrogen and oxygen atoms in total. The predicted octanol–water partition coefficient (Wildman–Crippen LogP) is 5.05. The van der Waals surface area contributed by atoms with Crippen LogP contribution >= 0.6 is 11.3 Å². The van der Waals surface area contributed by atoms with Crippen LogP contribution in [-0.4, -0.2) is 49.3 Å². The summed E-state index contributed by atoms with van der Waals surface area (Å²) < 4.78 is 7.98. The number of aryl methyl sites for hydroxylation is 1. The molecule has 0 radical (unpaired) electrons. The predicted molar refractivity (Wildman–Crippen MR) is 147 cm³/mol. The van der Waals surface area contributed by atoms with E-state index in [1.165, 1.54) is 10.4 Å². The number of aromatic amines is 1. The Balaban J connectivity index is 1.70. The van der Waals surface area contributed by atoms with E-state index in [0.717, 1.165) is 43.2 Å². The smallest absolute Gasteiger partial charge is 0.253 e. The molecule has 9 heteroatoms. The number of hydrogen-bond donors (Lipinski definition) is 1. The number of H-pyrrole nitrogens is 1. The fourth-order valence-corrected chi connectivity index (χ4v) is 5.78. The second-order valence-electron chi connectivity index (χ2n) is 10.5. The zero-order chi connectivity index (χ0) is 26.0. The van der Waals surface area contributed by atoms with Crippen LogP contribution in [0.5, 0.6) is 0 Å². The van der Waals surface area contributed by atoms with E-state index in [4.69, 9.17) is 4.74 Å². The van der Waals surface area contributed by atoms with Crippen LogP contribution in [0.2, 0.25) is 0 Å². The van der Waals surface area contributed by atoms with Gasteiger partial charge in [-0.3, -0.25) is 9.69 Å². The van der Waals surface area contributed by atoms with Crippen molar-refractivity contribution in [2.75, 3.05) is 13.2 Å². The van der Waals surface area contributed by atoms with Gasteiger partial charge in [0, 0.05) is 35.7 Å². The van der Waals surface area contributed by atoms with Crippen LogP contribution in [0.15, 0.2) is 46.6 Å². The van der Waals surface area contributed by atoms with Crippen LogP contribution in [0.4, 0.5) is 0 Å². The Morgan fingerprint density at radius 3 is 2.84 bits per heavy atom. The van der Waals surface area contributed by atoms with E-state index in [9.17, 15) is 4.79 Å². The molecular formula is C28H36N6O2S. The monoisotopic (exact) mass is 520 g/mol. The third kappa shape index (κ3) is 5.39. The van der Waals surface area contributed by atoms with Gasteiger partial charge in [0.1, 0.15) is 6.04 Å². The summed E-state index contributed by atoms with van der Waals surface area (Å²) in [5, 5.41) is 16.2. The third-order valence-electron chi connectivity index (χ3n) is 7.58. The number of rotatable bonds is 10. The molecule has 37 heavy (non-hydrogen) atoms. The SMILES string of the molecule is CCc1ccc2[nH]c(=O)c(C(c3nnnn3C(C)(C)CC)N(Cc3cccs3)CC3CCCO3)cc2c1. The van der Waals surface area contributed by atoms with Crippen molar-refractivity contribution < 1.29 is 4.74 Å². The van der Waals surface area contributed by atoms with Gasteiger partial charge in [0.15, 0.2) is 5.82 Å². The van der Waals surface area contributed by atoms with E-state index < -0.39 is 6.04 Å². The molecule has 1 fully saturated rings. The lowest BCUT2D eigenvalue weighted by Gasteiger charge is -2.34. The maximum Gasteiger partial charge on any atom is 0.253 e. The first-order chi connectivity index (χ1) is 17.9. The van der Waals surface area contributed by atoms with Crippen LogP contribution in [0.3, 0.4) is 0 Å². The van der Waals surface area contributed by atoms with Crippen LogP contribution in [0.1, 0.15) is 74.8 Å². The number of fused-ring (bicyclic) bond motifs is 1. The number of ether oxygens (including phenoxy) is 1. The summed E-state index contributed by atoms with van der Waals surface area (Å²) in [7, 11) is 0. The van der Waals surface area contributed by atoms with E-state index in [1.54, 1.807) is 11.3 Å². The zero-order valence-corrected chi connectivity index (χ0v) is 22.9. The van der Waals surface area contributed by atoms with Crippen molar-refractivity contribution in [3.63, 3.8) is 0 Å². The van der Waals surface area contributed by atoms with Gasteiger partial charge in [-0.05, 0) is 90.6 Å². The maximum atomic E-state index is 13.7. The maximum absolute atomic E-state index is 13.7.